The molecule has 18 heteroatoms. The van der Waals surface area contributed by atoms with E-state index in [1.165, 1.54) is 53.7 Å². The van der Waals surface area contributed by atoms with Crippen LogP contribution in [-0.4, -0.2) is 95.1 Å². The molecule has 8 rings (SSSR count). The third-order valence-corrected chi connectivity index (χ3v) is 15.3. The maximum atomic E-state index is 13.1. The number of hydrogen-bond acceptors (Lipinski definition) is 12. The van der Waals surface area contributed by atoms with Crippen molar-refractivity contribution >= 4 is 56.1 Å². The number of carboxylic acid groups (broad SMARTS) is 1. The molecule has 0 aliphatic carbocycles. The number of aliphatic hydroxyl groups is 1. The van der Waals surface area contributed by atoms with E-state index in [0.717, 1.165) is 83.4 Å². The molecular weight excluding hydrogens is 1000 g/mol. The first-order valence-electron chi connectivity index (χ1n) is 27.2. The molecule has 0 saturated heterocycles. The molecule has 0 radical (unpaired) electrons. The number of aliphatic carboxylic acids is 1. The summed E-state index contributed by atoms with van der Waals surface area (Å²) in [6, 6.07) is 24.2. The number of carboxylic acids is 1. The van der Waals surface area contributed by atoms with E-state index in [1.807, 2.05) is 53.2 Å². The van der Waals surface area contributed by atoms with E-state index >= 15 is 0 Å². The number of benzene rings is 3. The van der Waals surface area contributed by atoms with Crippen molar-refractivity contribution in [1.29, 1.82) is 0 Å². The second-order valence-electron chi connectivity index (χ2n) is 20.3. The molecule has 5 N–H and O–H groups in total. The highest BCUT2D eigenvalue weighted by Crippen LogP contribution is 2.31. The van der Waals surface area contributed by atoms with E-state index in [0.29, 0.717) is 60.2 Å². The molecule has 2 atom stereocenters. The lowest BCUT2D eigenvalue weighted by Crippen LogP contribution is -2.41. The first-order valence-corrected chi connectivity index (χ1v) is 28.0. The quantitative estimate of drug-likeness (QED) is 0.0266. The molecule has 5 aromatic heterocycles. The van der Waals surface area contributed by atoms with Crippen LogP contribution in [0.4, 0.5) is 5.00 Å². The number of pyridine rings is 1. The standard InChI is InChI=1S/C60H72N10O7S/c1-40-15-16-41(2)46(33-40)39-70-52-35-45(18-20-50(52)66-57(70)56(72)44-25-28-61-29-26-44)47-36-63-69(38-47)30-32-77-31-14-12-10-8-6-5-7-9-11-13-27-62-54(71)23-21-51(60(75)76)67-59(74)53-22-24-55(78-53)68(4)37-43-17-19-49-48(34-43)58(73)65-42(3)64-49/h15-20,22,24-26,28-29,33-36,38,51,56,72H,5-14,21,23,27,30-32,37,39H2,1-4H3,(H,62,71)(H,67,74)(H,75,76)(H,64,65,73)/t51-,56?/m0/s1. The summed E-state index contributed by atoms with van der Waals surface area (Å²) in [5.74, 6) is -0.797. The number of rotatable bonds is 30. The van der Waals surface area contributed by atoms with E-state index in [1.54, 1.807) is 37.5 Å². The summed E-state index contributed by atoms with van der Waals surface area (Å²) < 4.78 is 10.0. The molecule has 3 aromatic carbocycles. The number of amides is 2. The third-order valence-electron chi connectivity index (χ3n) is 14.1. The first-order chi connectivity index (χ1) is 37.8. The van der Waals surface area contributed by atoms with Crippen LogP contribution >= 0.6 is 11.3 Å². The van der Waals surface area contributed by atoms with Gasteiger partial charge in [0.25, 0.3) is 11.5 Å². The van der Waals surface area contributed by atoms with Crippen LogP contribution in [-0.2, 0) is 34.0 Å². The summed E-state index contributed by atoms with van der Waals surface area (Å²) in [5, 5.41) is 32.8. The van der Waals surface area contributed by atoms with Gasteiger partial charge in [-0.25, -0.2) is 9.78 Å². The van der Waals surface area contributed by atoms with Crippen molar-refractivity contribution in [2.75, 3.05) is 31.7 Å². The molecule has 0 fully saturated rings. The van der Waals surface area contributed by atoms with Crippen molar-refractivity contribution in [1.82, 2.24) is 44.9 Å². The maximum absolute atomic E-state index is 13.1. The SMILES string of the molecule is Cc1ccc(C)c(Cn2c(C(O)c3ccncc3)nc3ccc(-c4cnn(CCOCCCCCCCCCCCCNC(=O)CC[C@H](NC(=O)c5ccc(N(C)Cc6ccc7[nH]c(C)nc(=O)c7c6)s5)C(=O)O)c4)cc32)c1. The predicted octanol–water partition coefficient (Wildman–Crippen LogP) is 9.98. The smallest absolute Gasteiger partial charge is 0.326 e. The molecule has 17 nitrogen and oxygen atoms in total. The number of imidazole rings is 1. The molecule has 0 spiro atoms. The number of fused-ring (bicyclic) bond motifs is 2. The molecule has 0 aliphatic rings. The number of H-pyrrole nitrogens is 1. The lowest BCUT2D eigenvalue weighted by molar-refractivity contribution is -0.139. The molecule has 0 saturated carbocycles. The molecule has 0 aliphatic heterocycles. The number of hydrogen-bond donors (Lipinski definition) is 5. The Kier molecular flexibility index (Phi) is 20.1. The monoisotopic (exact) mass is 1080 g/mol. The number of aryl methyl sites for hydroxylation is 3. The average Bonchev–Trinajstić information content (AvgIpc) is 4.32. The number of aromatic nitrogens is 7. The minimum Gasteiger partial charge on any atom is -0.480 e. The Morgan fingerprint density at radius 3 is 2.36 bits per heavy atom. The van der Waals surface area contributed by atoms with Crippen LogP contribution in [0.2, 0.25) is 0 Å². The second-order valence-corrected chi connectivity index (χ2v) is 21.3. The highest BCUT2D eigenvalue weighted by Gasteiger charge is 2.24. The number of carbonyl (C=O) groups excluding carboxylic acids is 2. The number of carbonyl (C=O) groups is 3. The van der Waals surface area contributed by atoms with E-state index in [9.17, 15) is 29.4 Å². The van der Waals surface area contributed by atoms with Crippen LogP contribution in [0.15, 0.2) is 108 Å². The number of unbranched alkanes of at least 4 members (excludes halogenated alkanes) is 9. The number of ether oxygens (including phenoxy) is 1. The van der Waals surface area contributed by atoms with Gasteiger partial charge >= 0.3 is 5.97 Å². The fourth-order valence-corrected chi connectivity index (χ4v) is 10.5. The van der Waals surface area contributed by atoms with Gasteiger partial charge in [0.05, 0.1) is 51.2 Å². The summed E-state index contributed by atoms with van der Waals surface area (Å²) in [6.07, 6.45) is 17.5. The van der Waals surface area contributed by atoms with Crippen LogP contribution in [0, 0.1) is 20.8 Å². The minimum atomic E-state index is -1.20. The zero-order valence-electron chi connectivity index (χ0n) is 45.2. The van der Waals surface area contributed by atoms with Gasteiger partial charge in [0, 0.05) is 63.9 Å². The summed E-state index contributed by atoms with van der Waals surface area (Å²) in [6.45, 7) is 9.51. The Labute approximate surface area is 459 Å². The van der Waals surface area contributed by atoms with Gasteiger partial charge in [-0.2, -0.15) is 10.1 Å². The molecule has 410 valence electrons. The Balaban J connectivity index is 0.651. The van der Waals surface area contributed by atoms with Crippen molar-refractivity contribution in [2.24, 2.45) is 0 Å². The molecular formula is C60H72N10O7S. The number of nitrogens with zero attached hydrogens (tertiary/aromatic N) is 7. The van der Waals surface area contributed by atoms with E-state index < -0.39 is 24.0 Å². The van der Waals surface area contributed by atoms with Crippen molar-refractivity contribution in [3.05, 3.63) is 158 Å². The Hall–Kier alpha value is -7.54. The Morgan fingerprint density at radius 2 is 1.59 bits per heavy atom. The largest absolute Gasteiger partial charge is 0.480 e. The zero-order valence-corrected chi connectivity index (χ0v) is 46.0. The molecule has 2 amide bonds. The van der Waals surface area contributed by atoms with Gasteiger partial charge in [-0.05, 0) is 116 Å². The lowest BCUT2D eigenvalue weighted by atomic mass is 10.0. The van der Waals surface area contributed by atoms with Crippen molar-refractivity contribution in [3.63, 3.8) is 0 Å². The second kappa shape index (κ2) is 27.7. The van der Waals surface area contributed by atoms with Gasteiger partial charge < -0.3 is 40.0 Å². The third kappa shape index (κ3) is 15.6. The molecule has 78 heavy (non-hydrogen) atoms. The van der Waals surface area contributed by atoms with Gasteiger partial charge in [-0.3, -0.25) is 24.0 Å². The summed E-state index contributed by atoms with van der Waals surface area (Å²) >= 11 is 1.23. The predicted molar refractivity (Wildman–Crippen MR) is 306 cm³/mol. The Bertz CT molecular complexity index is 3350. The van der Waals surface area contributed by atoms with Crippen LogP contribution < -0.4 is 21.1 Å². The maximum Gasteiger partial charge on any atom is 0.326 e. The normalized spacial score (nSPS) is 12.3. The van der Waals surface area contributed by atoms with Crippen molar-refractivity contribution in [3.8, 4) is 11.1 Å². The van der Waals surface area contributed by atoms with E-state index in [4.69, 9.17) is 9.72 Å². The van der Waals surface area contributed by atoms with Gasteiger partial charge in [0.1, 0.15) is 23.8 Å². The van der Waals surface area contributed by atoms with Gasteiger partial charge in [0.15, 0.2) is 0 Å². The number of nitrogens with one attached hydrogen (secondary N) is 3. The van der Waals surface area contributed by atoms with Crippen LogP contribution in [0.5, 0.6) is 0 Å². The van der Waals surface area contributed by atoms with Crippen LogP contribution in [0.3, 0.4) is 0 Å². The van der Waals surface area contributed by atoms with E-state index in [2.05, 4.69) is 85.6 Å². The zero-order chi connectivity index (χ0) is 55.0. The van der Waals surface area contributed by atoms with Crippen molar-refractivity contribution in [2.45, 2.75) is 130 Å². The fraction of sp³-hybridized carbons (Fsp3) is 0.400. The number of thiophene rings is 1. The first kappa shape index (κ1) is 56.7. The van der Waals surface area contributed by atoms with Gasteiger partial charge in [-0.15, -0.1) is 11.3 Å². The highest BCUT2D eigenvalue weighted by molar-refractivity contribution is 7.18. The fourth-order valence-electron chi connectivity index (χ4n) is 9.67. The average molecular weight is 1080 g/mol. The van der Waals surface area contributed by atoms with Crippen molar-refractivity contribution < 1.29 is 29.3 Å². The Morgan fingerprint density at radius 1 is 0.833 bits per heavy atom. The topological polar surface area (TPSA) is 222 Å². The van der Waals surface area contributed by atoms with Crippen LogP contribution in [0.1, 0.15) is 132 Å². The number of aliphatic hydroxyl groups excluding tert-OH is 1. The van der Waals surface area contributed by atoms with Gasteiger partial charge in [0.2, 0.25) is 5.91 Å². The molecule has 5 heterocycles. The molecule has 8 aromatic rings. The highest BCUT2D eigenvalue weighted by atomic mass is 32.1. The summed E-state index contributed by atoms with van der Waals surface area (Å²) in [7, 11) is 1.88. The number of aromatic amines is 1. The summed E-state index contributed by atoms with van der Waals surface area (Å²) in [5.41, 5.74) is 9.40. The summed E-state index contributed by atoms with van der Waals surface area (Å²) in [4.78, 5) is 68.5. The molecule has 1 unspecified atom stereocenters. The van der Waals surface area contributed by atoms with E-state index in [-0.39, 0.29) is 24.3 Å². The number of anilines is 1. The minimum absolute atomic E-state index is 0.00866. The van der Waals surface area contributed by atoms with Gasteiger partial charge in [-0.1, -0.05) is 87.3 Å². The van der Waals surface area contributed by atoms with Crippen LogP contribution in [0.25, 0.3) is 33.1 Å². The lowest BCUT2D eigenvalue weighted by Gasteiger charge is -2.17. The molecule has 0 bridgehead atoms.